The van der Waals surface area contributed by atoms with E-state index in [9.17, 15) is 19.7 Å². The van der Waals surface area contributed by atoms with E-state index in [1.807, 2.05) is 0 Å². The van der Waals surface area contributed by atoms with Crippen molar-refractivity contribution < 1.29 is 24.0 Å². The predicted molar refractivity (Wildman–Crippen MR) is 85.7 cm³/mol. The van der Waals surface area contributed by atoms with Gasteiger partial charge >= 0.3 is 11.7 Å². The summed E-state index contributed by atoms with van der Waals surface area (Å²) in [6.45, 7) is -0.389. The molecule has 0 fully saturated rings. The van der Waals surface area contributed by atoms with Gasteiger partial charge in [-0.3, -0.25) is 14.9 Å². The molecule has 7 nitrogen and oxygen atoms in total. The van der Waals surface area contributed by atoms with Gasteiger partial charge in [-0.05, 0) is 36.4 Å². The van der Waals surface area contributed by atoms with Gasteiger partial charge in [0.15, 0.2) is 18.1 Å². The summed E-state index contributed by atoms with van der Waals surface area (Å²) in [4.78, 5) is 33.9. The Morgan fingerprint density at radius 1 is 1.12 bits per heavy atom. The third kappa shape index (κ3) is 4.08. The second-order valence-corrected chi connectivity index (χ2v) is 5.09. The molecule has 0 aliphatic carbocycles. The van der Waals surface area contributed by atoms with Crippen LogP contribution >= 0.6 is 11.6 Å². The normalized spacial score (nSPS) is 10.1. The highest BCUT2D eigenvalue weighted by molar-refractivity contribution is 6.30. The molecule has 0 aliphatic heterocycles. The Kier molecular flexibility index (Phi) is 5.49. The van der Waals surface area contributed by atoms with Gasteiger partial charge in [0, 0.05) is 16.7 Å². The number of benzene rings is 2. The molecular formula is C16H12ClNO6. The van der Waals surface area contributed by atoms with Crippen molar-refractivity contribution in [1.29, 1.82) is 0 Å². The lowest BCUT2D eigenvalue weighted by atomic mass is 10.1. The van der Waals surface area contributed by atoms with Gasteiger partial charge in [-0.15, -0.1) is 0 Å². The molecule has 0 bridgehead atoms. The Balaban J connectivity index is 2.17. The quantitative estimate of drug-likeness (QED) is 0.343. The van der Waals surface area contributed by atoms with Gasteiger partial charge in [-0.25, -0.2) is 4.79 Å². The van der Waals surface area contributed by atoms with Crippen molar-refractivity contribution in [2.75, 3.05) is 13.7 Å². The maximum atomic E-state index is 12.0. The first-order valence-electron chi connectivity index (χ1n) is 6.70. The van der Waals surface area contributed by atoms with Crippen molar-refractivity contribution in [3.63, 3.8) is 0 Å². The van der Waals surface area contributed by atoms with Crippen LogP contribution in [0.5, 0.6) is 5.75 Å². The lowest BCUT2D eigenvalue weighted by Gasteiger charge is -2.07. The number of hydrogen-bond acceptors (Lipinski definition) is 6. The van der Waals surface area contributed by atoms with Crippen LogP contribution in [0.2, 0.25) is 5.02 Å². The van der Waals surface area contributed by atoms with E-state index in [1.165, 1.54) is 31.4 Å². The van der Waals surface area contributed by atoms with E-state index in [-0.39, 0.29) is 23.7 Å². The molecule has 124 valence electrons. The second kappa shape index (κ2) is 7.56. The first-order chi connectivity index (χ1) is 11.4. The molecule has 0 saturated heterocycles. The third-order valence-corrected chi connectivity index (χ3v) is 3.35. The Morgan fingerprint density at radius 3 is 2.33 bits per heavy atom. The van der Waals surface area contributed by atoms with Gasteiger partial charge in [0.25, 0.3) is 0 Å². The molecule has 2 rings (SSSR count). The molecule has 0 unspecified atom stereocenters. The van der Waals surface area contributed by atoms with Crippen molar-refractivity contribution in [3.8, 4) is 5.75 Å². The topological polar surface area (TPSA) is 95.7 Å². The fourth-order valence-electron chi connectivity index (χ4n) is 1.89. The standard InChI is InChI=1S/C16H12ClNO6/c1-23-16(20)11-4-7-15(13(8-11)18(21)22)24-9-14(19)10-2-5-12(17)6-3-10/h2-8H,9H2,1H3. The Labute approximate surface area is 141 Å². The van der Waals surface area contributed by atoms with E-state index in [4.69, 9.17) is 16.3 Å². The first kappa shape index (κ1) is 17.4. The Bertz CT molecular complexity index is 788. The average molecular weight is 350 g/mol. The molecule has 2 aromatic carbocycles. The first-order valence-corrected chi connectivity index (χ1v) is 7.08. The Morgan fingerprint density at radius 2 is 1.75 bits per heavy atom. The smallest absolute Gasteiger partial charge is 0.338 e. The van der Waals surface area contributed by atoms with Crippen LogP contribution in [0.4, 0.5) is 5.69 Å². The second-order valence-electron chi connectivity index (χ2n) is 4.65. The summed E-state index contributed by atoms with van der Waals surface area (Å²) in [7, 11) is 1.17. The van der Waals surface area contributed by atoms with E-state index >= 15 is 0 Å². The van der Waals surface area contributed by atoms with Crippen LogP contribution in [0.3, 0.4) is 0 Å². The van der Waals surface area contributed by atoms with Crippen LogP contribution in [0.15, 0.2) is 42.5 Å². The molecule has 2 aromatic rings. The molecule has 0 N–H and O–H groups in total. The highest BCUT2D eigenvalue weighted by atomic mass is 35.5. The van der Waals surface area contributed by atoms with E-state index < -0.39 is 16.6 Å². The molecule has 0 heterocycles. The van der Waals surface area contributed by atoms with Crippen molar-refractivity contribution in [2.45, 2.75) is 0 Å². The average Bonchev–Trinajstić information content (AvgIpc) is 2.59. The SMILES string of the molecule is COC(=O)c1ccc(OCC(=O)c2ccc(Cl)cc2)c([N+](=O)[O-])c1. The summed E-state index contributed by atoms with van der Waals surface area (Å²) >= 11 is 5.74. The van der Waals surface area contributed by atoms with Crippen molar-refractivity contribution in [1.82, 2.24) is 0 Å². The number of Topliss-reactive ketones (excluding diaryl/α,β-unsaturated/α-hetero) is 1. The summed E-state index contributed by atoms with van der Waals surface area (Å²) in [5.74, 6) is -1.19. The predicted octanol–water partition coefficient (Wildman–Crippen LogP) is 3.30. The number of nitro groups is 1. The molecule has 0 saturated carbocycles. The summed E-state index contributed by atoms with van der Waals surface area (Å²) < 4.78 is 9.75. The number of halogens is 1. The van der Waals surface area contributed by atoms with Gasteiger partial charge in [-0.2, -0.15) is 0 Å². The van der Waals surface area contributed by atoms with Crippen LogP contribution < -0.4 is 4.74 Å². The van der Waals surface area contributed by atoms with E-state index in [1.54, 1.807) is 12.1 Å². The van der Waals surface area contributed by atoms with Gasteiger partial charge in [0.05, 0.1) is 17.6 Å². The van der Waals surface area contributed by atoms with Crippen LogP contribution in [0.1, 0.15) is 20.7 Å². The molecular weight excluding hydrogens is 338 g/mol. The number of ketones is 1. The third-order valence-electron chi connectivity index (χ3n) is 3.10. The van der Waals surface area contributed by atoms with Crippen molar-refractivity contribution in [3.05, 3.63) is 68.7 Å². The summed E-state index contributed by atoms with van der Waals surface area (Å²) in [6, 6.07) is 9.78. The maximum absolute atomic E-state index is 12.0. The highest BCUT2D eigenvalue weighted by Crippen LogP contribution is 2.28. The van der Waals surface area contributed by atoms with Gasteiger partial charge in [0.1, 0.15) is 0 Å². The van der Waals surface area contributed by atoms with E-state index in [0.717, 1.165) is 6.07 Å². The van der Waals surface area contributed by atoms with Gasteiger partial charge in [-0.1, -0.05) is 11.6 Å². The minimum absolute atomic E-state index is 0.0144. The summed E-state index contributed by atoms with van der Waals surface area (Å²) in [5.41, 5.74) is -0.0457. The number of carbonyl (C=O) groups is 2. The molecule has 0 spiro atoms. The number of nitro benzene ring substituents is 1. The number of nitrogens with zero attached hydrogens (tertiary/aromatic N) is 1. The number of methoxy groups -OCH3 is 1. The lowest BCUT2D eigenvalue weighted by molar-refractivity contribution is -0.385. The molecule has 0 atom stereocenters. The molecule has 0 amide bonds. The zero-order valence-corrected chi connectivity index (χ0v) is 13.3. The Hall–Kier alpha value is -2.93. The summed E-state index contributed by atoms with van der Waals surface area (Å²) in [5, 5.41) is 11.6. The van der Waals surface area contributed by atoms with Crippen molar-refractivity contribution >= 4 is 29.0 Å². The number of esters is 1. The van der Waals surface area contributed by atoms with Crippen molar-refractivity contribution in [2.24, 2.45) is 0 Å². The summed E-state index contributed by atoms with van der Waals surface area (Å²) in [6.07, 6.45) is 0. The molecule has 24 heavy (non-hydrogen) atoms. The lowest BCUT2D eigenvalue weighted by Crippen LogP contribution is -2.12. The van der Waals surface area contributed by atoms with Crippen LogP contribution in [-0.2, 0) is 4.74 Å². The van der Waals surface area contributed by atoms with Crippen LogP contribution in [-0.4, -0.2) is 30.4 Å². The number of rotatable bonds is 6. The minimum Gasteiger partial charge on any atom is -0.478 e. The molecule has 0 radical (unpaired) electrons. The fraction of sp³-hybridized carbons (Fsp3) is 0.125. The number of carbonyl (C=O) groups excluding carboxylic acids is 2. The molecule has 0 aromatic heterocycles. The highest BCUT2D eigenvalue weighted by Gasteiger charge is 2.20. The van der Waals surface area contributed by atoms with E-state index in [2.05, 4.69) is 4.74 Å². The van der Waals surface area contributed by atoms with Crippen LogP contribution in [0.25, 0.3) is 0 Å². The van der Waals surface area contributed by atoms with E-state index in [0.29, 0.717) is 10.6 Å². The van der Waals surface area contributed by atoms with Crippen LogP contribution in [0, 0.1) is 10.1 Å². The maximum Gasteiger partial charge on any atom is 0.338 e. The zero-order valence-electron chi connectivity index (χ0n) is 12.5. The molecule has 8 heteroatoms. The van der Waals surface area contributed by atoms with Gasteiger partial charge in [0.2, 0.25) is 0 Å². The number of ether oxygens (including phenoxy) is 2. The zero-order chi connectivity index (χ0) is 17.7. The monoisotopic (exact) mass is 349 g/mol. The number of hydrogen-bond donors (Lipinski definition) is 0. The minimum atomic E-state index is -0.707. The molecule has 0 aliphatic rings. The largest absolute Gasteiger partial charge is 0.478 e. The fourth-order valence-corrected chi connectivity index (χ4v) is 2.02. The van der Waals surface area contributed by atoms with Gasteiger partial charge < -0.3 is 9.47 Å².